The zero-order chi connectivity index (χ0) is 36.2. The van der Waals surface area contributed by atoms with Crippen molar-refractivity contribution >= 4 is 60.9 Å². The number of phenolic OH excluding ortho intramolecular Hbond substituents is 2. The van der Waals surface area contributed by atoms with E-state index in [0.29, 0.717) is 23.4 Å². The van der Waals surface area contributed by atoms with Crippen LogP contribution < -0.4 is 5.56 Å². The van der Waals surface area contributed by atoms with Crippen molar-refractivity contribution in [3.05, 3.63) is 101 Å². The van der Waals surface area contributed by atoms with Crippen LogP contribution in [0.5, 0.6) is 11.5 Å². The van der Waals surface area contributed by atoms with Crippen LogP contribution in [0.2, 0.25) is 0 Å². The predicted molar refractivity (Wildman–Crippen MR) is 185 cm³/mol. The van der Waals surface area contributed by atoms with E-state index < -0.39 is 32.1 Å². The van der Waals surface area contributed by atoms with Crippen molar-refractivity contribution in [2.24, 2.45) is 27.5 Å². The Bertz CT molecular complexity index is 2440. The van der Waals surface area contributed by atoms with Gasteiger partial charge in [0.25, 0.3) is 15.7 Å². The number of fused-ring (bicyclic) bond motifs is 2. The number of hydrogen-bond donors (Lipinski definition) is 4. The van der Waals surface area contributed by atoms with Gasteiger partial charge in [-0.15, -0.1) is 14.6 Å². The third-order valence-corrected chi connectivity index (χ3v) is 9.15. The largest absolute Gasteiger partial charge is 0.507 e. The van der Waals surface area contributed by atoms with E-state index in [1.807, 2.05) is 30.3 Å². The quantitative estimate of drug-likeness (QED) is 0.0399. The van der Waals surface area contributed by atoms with Gasteiger partial charge in [-0.05, 0) is 67.8 Å². The number of benzene rings is 4. The summed E-state index contributed by atoms with van der Waals surface area (Å²) < 4.78 is 40.4. The first-order valence-electron chi connectivity index (χ1n) is 14.4. The van der Waals surface area contributed by atoms with E-state index >= 15 is 0 Å². The normalized spacial score (nSPS) is 11.9. The van der Waals surface area contributed by atoms with Crippen molar-refractivity contribution in [2.45, 2.75) is 23.6 Å². The molecular formula is C32H29N7O9S2. The smallest absolute Gasteiger partial charge is 0.299 e. The van der Waals surface area contributed by atoms with Crippen molar-refractivity contribution in [1.82, 2.24) is 14.3 Å². The van der Waals surface area contributed by atoms with Crippen LogP contribution in [0.25, 0.3) is 27.4 Å². The monoisotopic (exact) mass is 719 g/mol. The number of nitrogens with zero attached hydrogens (tertiary/aromatic N) is 7. The summed E-state index contributed by atoms with van der Waals surface area (Å²) in [5.41, 5.74) is 1.84. The molecule has 2 aromatic heterocycles. The van der Waals surface area contributed by atoms with E-state index in [-0.39, 0.29) is 32.6 Å². The number of azo groups is 2. The molecule has 50 heavy (non-hydrogen) atoms. The van der Waals surface area contributed by atoms with E-state index in [4.69, 9.17) is 5.26 Å². The van der Waals surface area contributed by atoms with Gasteiger partial charge in [0.05, 0.1) is 44.9 Å². The summed E-state index contributed by atoms with van der Waals surface area (Å²) in [7, 11) is -1.38. The maximum Gasteiger partial charge on any atom is 0.299 e. The summed E-state index contributed by atoms with van der Waals surface area (Å²) in [6, 6.07) is 20.8. The first kappa shape index (κ1) is 35.8. The van der Waals surface area contributed by atoms with Crippen LogP contribution in [0, 0.1) is 13.8 Å². The molecule has 18 heteroatoms. The Balaban J connectivity index is 0.000000311. The van der Waals surface area contributed by atoms with Crippen LogP contribution in [0.1, 0.15) is 11.3 Å². The lowest BCUT2D eigenvalue weighted by atomic mass is 10.0. The molecule has 16 nitrogen and oxygen atoms in total. The van der Waals surface area contributed by atoms with Gasteiger partial charge in [-0.25, -0.2) is 9.94 Å². The van der Waals surface area contributed by atoms with E-state index in [1.54, 1.807) is 62.2 Å². The van der Waals surface area contributed by atoms with Gasteiger partial charge in [0, 0.05) is 31.2 Å². The number of aromatic hydroxyl groups is 2. The van der Waals surface area contributed by atoms with Crippen LogP contribution in [-0.2, 0) is 26.5 Å². The molecule has 6 rings (SSSR count). The van der Waals surface area contributed by atoms with Gasteiger partial charge in [0.1, 0.15) is 16.3 Å². The Labute approximate surface area is 288 Å². The molecule has 0 amide bonds. The van der Waals surface area contributed by atoms with Crippen molar-refractivity contribution in [3.8, 4) is 17.2 Å². The average molecular weight is 720 g/mol. The Morgan fingerprint density at radius 1 is 0.900 bits per heavy atom. The van der Waals surface area contributed by atoms with Gasteiger partial charge in [0.2, 0.25) is 0 Å². The number of aromatic nitrogens is 3. The van der Waals surface area contributed by atoms with Crippen LogP contribution in [0.4, 0.5) is 17.1 Å². The molecule has 0 saturated heterocycles. The van der Waals surface area contributed by atoms with Crippen molar-refractivity contribution in [3.63, 3.8) is 0 Å². The number of pyridine rings is 1. The first-order valence-corrected chi connectivity index (χ1v) is 16.6. The highest BCUT2D eigenvalue weighted by molar-refractivity contribution is 7.94. The summed E-state index contributed by atoms with van der Waals surface area (Å²) in [6.45, 7) is 2.89. The van der Waals surface area contributed by atoms with Gasteiger partial charge < -0.3 is 10.2 Å². The molecule has 0 unspecified atom stereocenters. The first-order chi connectivity index (χ1) is 23.9. The second-order valence-corrected chi connectivity index (χ2v) is 12.6. The van der Waals surface area contributed by atoms with Crippen molar-refractivity contribution in [2.75, 3.05) is 7.05 Å². The fraction of sp³-hybridized carbons (Fsp3) is 0.125. The van der Waals surface area contributed by atoms with Gasteiger partial charge in [0.15, 0.2) is 11.4 Å². The second-order valence-electron chi connectivity index (χ2n) is 10.5. The highest BCUT2D eigenvalue weighted by Crippen LogP contribution is 2.48. The number of hydrogen-bond acceptors (Lipinski definition) is 14. The molecule has 0 aliphatic rings. The maximum atomic E-state index is 13.1. The average Bonchev–Trinajstić information content (AvgIpc) is 3.31. The van der Waals surface area contributed by atoms with Gasteiger partial charge >= 0.3 is 0 Å². The minimum atomic E-state index is -4.71. The number of rotatable bonds is 8. The molecule has 0 spiro atoms. The fourth-order valence-electron chi connectivity index (χ4n) is 5.10. The summed E-state index contributed by atoms with van der Waals surface area (Å²) in [5, 5.41) is 50.5. The zero-order valence-electron chi connectivity index (χ0n) is 26.8. The third kappa shape index (κ3) is 7.10. The highest BCUT2D eigenvalue weighted by atomic mass is 32.2. The molecule has 0 atom stereocenters. The molecule has 258 valence electrons. The van der Waals surface area contributed by atoms with E-state index in [2.05, 4.69) is 34.8 Å². The number of para-hydroxylation sites is 1. The molecule has 6 aromatic rings. The van der Waals surface area contributed by atoms with E-state index in [0.717, 1.165) is 22.7 Å². The lowest BCUT2D eigenvalue weighted by molar-refractivity contribution is -0.432. The fourth-order valence-corrected chi connectivity index (χ4v) is 6.36. The molecule has 0 fully saturated rings. The van der Waals surface area contributed by atoms with Crippen molar-refractivity contribution in [1.29, 1.82) is 0 Å². The highest BCUT2D eigenvalue weighted by Gasteiger charge is 2.24. The summed E-state index contributed by atoms with van der Waals surface area (Å²) >= 11 is 0.380. The van der Waals surface area contributed by atoms with Gasteiger partial charge in [-0.1, -0.05) is 29.3 Å². The molecule has 4 aromatic carbocycles. The summed E-state index contributed by atoms with van der Waals surface area (Å²) in [4.78, 5) is 16.7. The molecular weight excluding hydrogens is 691 g/mol. The topological polar surface area (TPSA) is 223 Å². The van der Waals surface area contributed by atoms with E-state index in [9.17, 15) is 28.0 Å². The molecule has 0 bridgehead atoms. The lowest BCUT2D eigenvalue weighted by Crippen LogP contribution is -2.19. The van der Waals surface area contributed by atoms with Crippen LogP contribution in [0.15, 0.2) is 114 Å². The molecule has 0 aliphatic carbocycles. The Morgan fingerprint density at radius 3 is 2.30 bits per heavy atom. The third-order valence-electron chi connectivity index (χ3n) is 7.55. The predicted octanol–water partition coefficient (Wildman–Crippen LogP) is 7.40. The molecule has 0 radical (unpaired) electrons. The SMILES string of the molecule is CN=Nc1cccc2ncccc12.Cc1c(S(=O)(=O)O)cc2cc(SOOO)c(N=Nc3c(C)n(C)n(-c4ccccc4)c3=O)c(O)c2c1O. The van der Waals surface area contributed by atoms with Crippen molar-refractivity contribution < 1.29 is 37.8 Å². The Morgan fingerprint density at radius 2 is 1.62 bits per heavy atom. The van der Waals surface area contributed by atoms with Gasteiger partial charge in [-0.2, -0.15) is 18.6 Å². The van der Waals surface area contributed by atoms with Gasteiger partial charge in [-0.3, -0.25) is 19.0 Å². The van der Waals surface area contributed by atoms with Crippen LogP contribution in [0.3, 0.4) is 0 Å². The zero-order valence-corrected chi connectivity index (χ0v) is 28.4. The second kappa shape index (κ2) is 14.9. The summed E-state index contributed by atoms with van der Waals surface area (Å²) in [5.74, 6) is -1.26. The lowest BCUT2D eigenvalue weighted by Gasteiger charge is -2.13. The van der Waals surface area contributed by atoms with Crippen LogP contribution in [-0.4, -0.2) is 49.8 Å². The standard InChI is InChI=1S/C22H20N4O9S2.C10H9N3/c1-11-16(37(31,32)33)10-13-9-15(36-35-34-30)19(21(28)17(13)20(11)27)24-23-18-12(2)25(3)26(22(18)29)14-7-5-4-6-8-14;1-11-13-10-6-2-5-9-8(10)4-3-7-12-9/h4-10,27-28,30H,1-3H3,(H,31,32,33);2-7H,1H3. The molecule has 0 aliphatic heterocycles. The maximum absolute atomic E-state index is 13.1. The Kier molecular flexibility index (Phi) is 10.7. The molecule has 0 saturated carbocycles. The summed E-state index contributed by atoms with van der Waals surface area (Å²) in [6.07, 6.45) is 1.77. The Hall–Kier alpha value is -5.50. The minimum Gasteiger partial charge on any atom is -0.507 e. The minimum absolute atomic E-state index is 0.0152. The molecule has 2 heterocycles. The number of phenols is 2. The molecule has 4 N–H and O–H groups in total. The van der Waals surface area contributed by atoms with E-state index in [1.165, 1.54) is 17.7 Å². The van der Waals surface area contributed by atoms with Crippen LogP contribution >= 0.6 is 12.0 Å².